The van der Waals surface area contributed by atoms with Crippen LogP contribution in [-0.4, -0.2) is 26.5 Å². The van der Waals surface area contributed by atoms with E-state index in [1.807, 2.05) is 31.1 Å². The summed E-state index contributed by atoms with van der Waals surface area (Å²) in [5, 5.41) is 3.00. The molecule has 4 nitrogen and oxygen atoms in total. The molecular formula is C14H21N3O. The summed E-state index contributed by atoms with van der Waals surface area (Å²) in [6.07, 6.45) is 2.40. The van der Waals surface area contributed by atoms with Crippen molar-refractivity contribution >= 4 is 17.3 Å². The highest BCUT2D eigenvalue weighted by atomic mass is 16.1. The Morgan fingerprint density at radius 3 is 2.67 bits per heavy atom. The van der Waals surface area contributed by atoms with Crippen LogP contribution in [0.25, 0.3) is 0 Å². The van der Waals surface area contributed by atoms with Crippen LogP contribution < -0.4 is 16.0 Å². The number of hydrogen-bond donors (Lipinski definition) is 2. The van der Waals surface area contributed by atoms with Gasteiger partial charge in [-0.15, -0.1) is 0 Å². The molecule has 0 aliphatic heterocycles. The van der Waals surface area contributed by atoms with E-state index in [1.165, 1.54) is 12.8 Å². The predicted octanol–water partition coefficient (Wildman–Crippen LogP) is 1.86. The van der Waals surface area contributed by atoms with Gasteiger partial charge in [0.15, 0.2) is 0 Å². The summed E-state index contributed by atoms with van der Waals surface area (Å²) in [5.74, 6) is -0.0425. The number of benzene rings is 1. The van der Waals surface area contributed by atoms with Crippen LogP contribution in [0.3, 0.4) is 0 Å². The van der Waals surface area contributed by atoms with Gasteiger partial charge in [0.05, 0.1) is 5.56 Å². The van der Waals surface area contributed by atoms with E-state index in [-0.39, 0.29) is 5.91 Å². The molecule has 1 aliphatic rings. The number of nitrogens with one attached hydrogen (secondary N) is 1. The molecule has 1 aromatic rings. The lowest BCUT2D eigenvalue weighted by atomic mass is 10.1. The average Bonchev–Trinajstić information content (AvgIpc) is 3.04. The Morgan fingerprint density at radius 2 is 2.11 bits per heavy atom. The first kappa shape index (κ1) is 12.7. The van der Waals surface area contributed by atoms with Crippen molar-refractivity contribution in [1.82, 2.24) is 5.32 Å². The highest BCUT2D eigenvalue weighted by molar-refractivity contribution is 6.00. The van der Waals surface area contributed by atoms with Crippen LogP contribution in [0.15, 0.2) is 18.2 Å². The Labute approximate surface area is 108 Å². The van der Waals surface area contributed by atoms with Crippen LogP contribution in [0, 0.1) is 5.41 Å². The smallest absolute Gasteiger partial charge is 0.253 e. The molecule has 0 spiro atoms. The molecule has 18 heavy (non-hydrogen) atoms. The summed E-state index contributed by atoms with van der Waals surface area (Å²) in [4.78, 5) is 14.1. The predicted molar refractivity (Wildman–Crippen MR) is 74.9 cm³/mol. The van der Waals surface area contributed by atoms with Crippen molar-refractivity contribution in [1.29, 1.82) is 0 Å². The molecular weight excluding hydrogens is 226 g/mol. The van der Waals surface area contributed by atoms with Gasteiger partial charge in [-0.2, -0.15) is 0 Å². The molecule has 1 fully saturated rings. The topological polar surface area (TPSA) is 58.4 Å². The molecule has 98 valence electrons. The van der Waals surface area contributed by atoms with Gasteiger partial charge in [0.1, 0.15) is 0 Å². The van der Waals surface area contributed by atoms with E-state index in [0.29, 0.717) is 16.7 Å². The van der Waals surface area contributed by atoms with E-state index in [1.54, 1.807) is 6.07 Å². The molecule has 4 heteroatoms. The van der Waals surface area contributed by atoms with E-state index >= 15 is 0 Å². The van der Waals surface area contributed by atoms with Crippen molar-refractivity contribution in [3.05, 3.63) is 23.8 Å². The van der Waals surface area contributed by atoms with Gasteiger partial charge in [0.2, 0.25) is 0 Å². The molecule has 3 N–H and O–H groups in total. The van der Waals surface area contributed by atoms with Crippen LogP contribution in [0.4, 0.5) is 11.4 Å². The molecule has 0 heterocycles. The quantitative estimate of drug-likeness (QED) is 0.798. The minimum absolute atomic E-state index is 0.0425. The molecule has 0 atom stereocenters. The van der Waals surface area contributed by atoms with Crippen molar-refractivity contribution in [2.45, 2.75) is 19.8 Å². The number of nitrogens with zero attached hydrogens (tertiary/aromatic N) is 1. The largest absolute Gasteiger partial charge is 0.399 e. The summed E-state index contributed by atoms with van der Waals surface area (Å²) in [7, 11) is 3.84. The fraction of sp³-hybridized carbons (Fsp3) is 0.500. The van der Waals surface area contributed by atoms with Crippen molar-refractivity contribution in [2.75, 3.05) is 31.3 Å². The summed E-state index contributed by atoms with van der Waals surface area (Å²) in [6.45, 7) is 2.94. The van der Waals surface area contributed by atoms with Crippen LogP contribution in [-0.2, 0) is 0 Å². The number of amides is 1. The van der Waals surface area contributed by atoms with Crippen molar-refractivity contribution in [3.63, 3.8) is 0 Å². The lowest BCUT2D eigenvalue weighted by molar-refractivity contribution is 0.0946. The van der Waals surface area contributed by atoms with Gasteiger partial charge in [-0.1, -0.05) is 6.92 Å². The lowest BCUT2D eigenvalue weighted by Gasteiger charge is -2.18. The number of carbonyl (C=O) groups excluding carboxylic acids is 1. The molecule has 1 saturated carbocycles. The number of nitrogens with two attached hydrogens (primary N) is 1. The summed E-state index contributed by atoms with van der Waals surface area (Å²) >= 11 is 0. The van der Waals surface area contributed by atoms with Gasteiger partial charge >= 0.3 is 0 Å². The molecule has 0 radical (unpaired) electrons. The Bertz CT molecular complexity index is 464. The third-order valence-electron chi connectivity index (χ3n) is 3.53. The zero-order valence-corrected chi connectivity index (χ0v) is 11.3. The van der Waals surface area contributed by atoms with E-state index < -0.39 is 0 Å². The number of anilines is 2. The van der Waals surface area contributed by atoms with Crippen LogP contribution in [0.2, 0.25) is 0 Å². The minimum Gasteiger partial charge on any atom is -0.399 e. The van der Waals surface area contributed by atoms with Crippen LogP contribution >= 0.6 is 0 Å². The normalized spacial score (nSPS) is 16.2. The van der Waals surface area contributed by atoms with Crippen molar-refractivity contribution in [2.24, 2.45) is 5.41 Å². The summed E-state index contributed by atoms with van der Waals surface area (Å²) < 4.78 is 0. The minimum atomic E-state index is -0.0425. The average molecular weight is 247 g/mol. The Balaban J connectivity index is 2.14. The maximum atomic E-state index is 12.2. The van der Waals surface area contributed by atoms with E-state index in [4.69, 9.17) is 5.73 Å². The highest BCUT2D eigenvalue weighted by Gasteiger charge is 2.37. The van der Waals surface area contributed by atoms with E-state index in [0.717, 1.165) is 12.2 Å². The lowest BCUT2D eigenvalue weighted by Crippen LogP contribution is -2.30. The summed E-state index contributed by atoms with van der Waals surface area (Å²) in [6, 6.07) is 5.43. The van der Waals surface area contributed by atoms with E-state index in [2.05, 4.69) is 12.2 Å². The second-order valence-corrected chi connectivity index (χ2v) is 5.66. The third-order valence-corrected chi connectivity index (χ3v) is 3.53. The zero-order valence-electron chi connectivity index (χ0n) is 11.3. The maximum absolute atomic E-state index is 12.2. The second-order valence-electron chi connectivity index (χ2n) is 5.66. The first-order chi connectivity index (χ1) is 8.41. The Hall–Kier alpha value is -1.71. The Morgan fingerprint density at radius 1 is 1.44 bits per heavy atom. The Kier molecular flexibility index (Phi) is 3.20. The highest BCUT2D eigenvalue weighted by Crippen LogP contribution is 2.44. The number of nitrogen functional groups attached to an aromatic ring is 1. The third kappa shape index (κ3) is 2.75. The van der Waals surface area contributed by atoms with Gasteiger partial charge in [-0.05, 0) is 36.5 Å². The number of rotatable bonds is 4. The van der Waals surface area contributed by atoms with Gasteiger partial charge in [-0.25, -0.2) is 0 Å². The molecule has 0 saturated heterocycles. The SMILES string of the molecule is CN(C)c1ccc(N)cc1C(=O)NCC1(C)CC1. The molecule has 0 unspecified atom stereocenters. The summed E-state index contributed by atoms with van der Waals surface area (Å²) in [5.41, 5.74) is 8.22. The first-order valence-electron chi connectivity index (χ1n) is 6.26. The molecule has 0 bridgehead atoms. The fourth-order valence-electron chi connectivity index (χ4n) is 1.90. The molecule has 2 rings (SSSR count). The second kappa shape index (κ2) is 4.52. The molecule has 1 aromatic carbocycles. The molecule has 0 aromatic heterocycles. The van der Waals surface area contributed by atoms with Crippen LogP contribution in [0.1, 0.15) is 30.1 Å². The van der Waals surface area contributed by atoms with Crippen LogP contribution in [0.5, 0.6) is 0 Å². The standard InChI is InChI=1S/C14H21N3O/c1-14(6-7-14)9-16-13(18)11-8-10(15)4-5-12(11)17(2)3/h4-5,8H,6-7,9,15H2,1-3H3,(H,16,18). The van der Waals surface area contributed by atoms with Gasteiger partial charge in [0, 0.05) is 32.0 Å². The number of hydrogen-bond acceptors (Lipinski definition) is 3. The van der Waals surface area contributed by atoms with Crippen molar-refractivity contribution < 1.29 is 4.79 Å². The zero-order chi connectivity index (χ0) is 13.3. The fourth-order valence-corrected chi connectivity index (χ4v) is 1.90. The first-order valence-corrected chi connectivity index (χ1v) is 6.26. The number of carbonyl (C=O) groups is 1. The molecule has 1 aliphatic carbocycles. The molecule has 1 amide bonds. The van der Waals surface area contributed by atoms with Gasteiger partial charge in [0.25, 0.3) is 5.91 Å². The van der Waals surface area contributed by atoms with E-state index in [9.17, 15) is 4.79 Å². The van der Waals surface area contributed by atoms with Gasteiger partial charge < -0.3 is 16.0 Å². The monoisotopic (exact) mass is 247 g/mol. The van der Waals surface area contributed by atoms with Gasteiger partial charge in [-0.3, -0.25) is 4.79 Å². The maximum Gasteiger partial charge on any atom is 0.253 e. The van der Waals surface area contributed by atoms with Crippen molar-refractivity contribution in [3.8, 4) is 0 Å².